The number of hydrogen-bond donors (Lipinski definition) is 1. The van der Waals surface area contributed by atoms with Crippen LogP contribution in [0.1, 0.15) is 40.1 Å². The summed E-state index contributed by atoms with van der Waals surface area (Å²) in [7, 11) is 1.97. The Labute approximate surface area is 173 Å². The number of fused-ring (bicyclic) bond motifs is 2. The first-order valence-electron chi connectivity index (χ1n) is 9.57. The van der Waals surface area contributed by atoms with Crippen molar-refractivity contribution in [2.45, 2.75) is 32.6 Å². The molecule has 0 saturated carbocycles. The summed E-state index contributed by atoms with van der Waals surface area (Å²) >= 11 is 1.46. The van der Waals surface area contributed by atoms with E-state index >= 15 is 0 Å². The number of amides is 1. The van der Waals surface area contributed by atoms with Crippen LogP contribution in [0.25, 0.3) is 17.0 Å². The Morgan fingerprint density at radius 3 is 2.76 bits per heavy atom. The van der Waals surface area contributed by atoms with Crippen LogP contribution >= 0.6 is 11.3 Å². The molecule has 1 aliphatic carbocycles. The fourth-order valence-corrected chi connectivity index (χ4v) is 5.20. The van der Waals surface area contributed by atoms with Crippen LogP contribution in [0.5, 0.6) is 0 Å². The maximum Gasteiger partial charge on any atom is 0.266 e. The number of nitrogens with one attached hydrogen (secondary N) is 1. The van der Waals surface area contributed by atoms with Gasteiger partial charge in [0.25, 0.3) is 5.91 Å². The number of carbonyl (C=O) groups is 1. The number of rotatable bonds is 3. The second-order valence-corrected chi connectivity index (χ2v) is 8.33. The van der Waals surface area contributed by atoms with E-state index in [4.69, 9.17) is 0 Å². The molecule has 2 heterocycles. The summed E-state index contributed by atoms with van der Waals surface area (Å²) in [5.41, 5.74) is 4.53. The highest BCUT2D eigenvalue weighted by Crippen LogP contribution is 2.38. The largest absolute Gasteiger partial charge is 0.347 e. The number of aromatic nitrogens is 1. The summed E-state index contributed by atoms with van der Waals surface area (Å²) in [5.74, 6) is -0.477. The fraction of sp³-hybridized carbons (Fsp3) is 0.261. The molecule has 0 saturated heterocycles. The van der Waals surface area contributed by atoms with E-state index in [1.165, 1.54) is 16.2 Å². The molecule has 2 aromatic heterocycles. The molecule has 1 N–H and O–H groups in total. The fourth-order valence-electron chi connectivity index (χ4n) is 3.97. The van der Waals surface area contributed by atoms with Crippen LogP contribution in [0.2, 0.25) is 0 Å². The molecule has 0 bridgehead atoms. The molecule has 29 heavy (non-hydrogen) atoms. The van der Waals surface area contributed by atoms with Crippen LogP contribution in [0.3, 0.4) is 0 Å². The van der Waals surface area contributed by atoms with E-state index in [1.54, 1.807) is 6.08 Å². The molecule has 144 valence electrons. The Morgan fingerprint density at radius 1 is 1.24 bits per heavy atom. The smallest absolute Gasteiger partial charge is 0.266 e. The summed E-state index contributed by atoms with van der Waals surface area (Å²) in [5, 5.41) is 23.6. The molecule has 5 nitrogen and oxygen atoms in total. The summed E-state index contributed by atoms with van der Waals surface area (Å²) < 4.78 is 2.05. The van der Waals surface area contributed by atoms with Crippen molar-refractivity contribution < 1.29 is 4.79 Å². The van der Waals surface area contributed by atoms with Crippen molar-refractivity contribution in [3.8, 4) is 12.1 Å². The van der Waals surface area contributed by atoms with Crippen LogP contribution in [-0.4, -0.2) is 10.5 Å². The Morgan fingerprint density at radius 2 is 2.00 bits per heavy atom. The van der Waals surface area contributed by atoms with Gasteiger partial charge in [0.1, 0.15) is 22.7 Å². The van der Waals surface area contributed by atoms with Crippen molar-refractivity contribution in [3.05, 3.63) is 57.1 Å². The molecular weight excluding hydrogens is 380 g/mol. The Kier molecular flexibility index (Phi) is 4.96. The summed E-state index contributed by atoms with van der Waals surface area (Å²) in [6.45, 7) is 1.97. The number of aryl methyl sites for hydroxylation is 2. The van der Waals surface area contributed by atoms with Gasteiger partial charge in [0.2, 0.25) is 0 Å². The second kappa shape index (κ2) is 7.58. The number of hydrogen-bond acceptors (Lipinski definition) is 4. The molecule has 4 rings (SSSR count). The van der Waals surface area contributed by atoms with Crippen LogP contribution in [-0.2, 0) is 24.7 Å². The lowest BCUT2D eigenvalue weighted by Gasteiger charge is -2.09. The number of nitrogens with zero attached hydrogens (tertiary/aromatic N) is 3. The molecule has 0 aliphatic heterocycles. The highest BCUT2D eigenvalue weighted by molar-refractivity contribution is 7.16. The minimum Gasteiger partial charge on any atom is -0.347 e. The summed E-state index contributed by atoms with van der Waals surface area (Å²) in [4.78, 5) is 14.0. The molecule has 3 aromatic rings. The Bertz CT molecular complexity index is 1250. The van der Waals surface area contributed by atoms with E-state index in [0.717, 1.165) is 53.4 Å². The highest BCUT2D eigenvalue weighted by Gasteiger charge is 2.23. The number of nitriles is 2. The number of para-hydroxylation sites is 1. The van der Waals surface area contributed by atoms with Crippen LogP contribution in [0, 0.1) is 29.6 Å². The van der Waals surface area contributed by atoms with Gasteiger partial charge >= 0.3 is 0 Å². The zero-order chi connectivity index (χ0) is 20.5. The molecule has 0 spiro atoms. The quantitative estimate of drug-likeness (QED) is 0.504. The van der Waals surface area contributed by atoms with Crippen molar-refractivity contribution in [1.82, 2.24) is 4.57 Å². The van der Waals surface area contributed by atoms with E-state index in [0.29, 0.717) is 10.6 Å². The molecular formula is C23H20N4OS. The minimum absolute atomic E-state index is 0.0275. The van der Waals surface area contributed by atoms with E-state index in [9.17, 15) is 15.3 Å². The van der Waals surface area contributed by atoms with Gasteiger partial charge in [-0.25, -0.2) is 0 Å². The van der Waals surface area contributed by atoms with Gasteiger partial charge in [0.15, 0.2) is 0 Å². The topological polar surface area (TPSA) is 81.6 Å². The first-order chi connectivity index (χ1) is 14.0. The van der Waals surface area contributed by atoms with Gasteiger partial charge in [-0.1, -0.05) is 18.2 Å². The van der Waals surface area contributed by atoms with E-state index < -0.39 is 5.91 Å². The number of anilines is 1. The summed E-state index contributed by atoms with van der Waals surface area (Å²) in [6.07, 6.45) is 5.64. The predicted molar refractivity (Wildman–Crippen MR) is 116 cm³/mol. The van der Waals surface area contributed by atoms with Gasteiger partial charge in [0, 0.05) is 34.1 Å². The van der Waals surface area contributed by atoms with E-state index in [2.05, 4.69) is 16.0 Å². The maximum absolute atomic E-state index is 12.9. The molecule has 1 aliphatic rings. The standard InChI is InChI=1S/C23H20N4OS/c1-14-18(16-7-3-5-9-20(16)27(14)2)11-15(12-24)22(28)26-23-19(13-25)17-8-4-6-10-21(17)29-23/h3,5,7,9,11H,4,6,8,10H2,1-2H3,(H,26,28)/b15-11+. The molecule has 6 heteroatoms. The van der Waals surface area contributed by atoms with Crippen molar-refractivity contribution in [2.24, 2.45) is 7.05 Å². The molecule has 0 radical (unpaired) electrons. The van der Waals surface area contributed by atoms with E-state index in [-0.39, 0.29) is 5.57 Å². The van der Waals surface area contributed by atoms with Crippen LogP contribution in [0.15, 0.2) is 29.8 Å². The monoisotopic (exact) mass is 400 g/mol. The molecule has 0 fully saturated rings. The first kappa shape index (κ1) is 19.0. The SMILES string of the molecule is Cc1c(/C=C(\C#N)C(=O)Nc2sc3c(c2C#N)CCCC3)c2ccccc2n1C. The van der Waals surface area contributed by atoms with Gasteiger partial charge in [-0.3, -0.25) is 4.79 Å². The third-order valence-corrected chi connectivity index (χ3v) is 6.82. The lowest BCUT2D eigenvalue weighted by atomic mass is 9.96. The lowest BCUT2D eigenvalue weighted by Crippen LogP contribution is -2.13. The second-order valence-electron chi connectivity index (χ2n) is 7.23. The predicted octanol–water partition coefficient (Wildman–Crippen LogP) is 4.84. The average molecular weight is 401 g/mol. The zero-order valence-electron chi connectivity index (χ0n) is 16.4. The Balaban J connectivity index is 1.71. The highest BCUT2D eigenvalue weighted by atomic mass is 32.1. The van der Waals surface area contributed by atoms with E-state index in [1.807, 2.05) is 44.3 Å². The van der Waals surface area contributed by atoms with Crippen LogP contribution in [0.4, 0.5) is 5.00 Å². The van der Waals surface area contributed by atoms with Gasteiger partial charge in [0.05, 0.1) is 5.56 Å². The zero-order valence-corrected chi connectivity index (χ0v) is 17.2. The van der Waals surface area contributed by atoms with Crippen molar-refractivity contribution in [2.75, 3.05) is 5.32 Å². The van der Waals surface area contributed by atoms with Crippen molar-refractivity contribution in [3.63, 3.8) is 0 Å². The summed E-state index contributed by atoms with van der Waals surface area (Å²) in [6, 6.07) is 12.2. The third-order valence-electron chi connectivity index (χ3n) is 5.61. The first-order valence-corrected chi connectivity index (χ1v) is 10.4. The Hall–Kier alpha value is -3.35. The van der Waals surface area contributed by atoms with Gasteiger partial charge in [-0.2, -0.15) is 10.5 Å². The molecule has 0 atom stereocenters. The van der Waals surface area contributed by atoms with Crippen LogP contribution < -0.4 is 5.32 Å². The number of benzene rings is 1. The van der Waals surface area contributed by atoms with Gasteiger partial charge in [-0.05, 0) is 50.3 Å². The lowest BCUT2D eigenvalue weighted by molar-refractivity contribution is -0.112. The minimum atomic E-state index is -0.477. The molecule has 0 unspecified atom stereocenters. The number of carbonyl (C=O) groups excluding carboxylic acids is 1. The molecule has 1 aromatic carbocycles. The molecule has 1 amide bonds. The van der Waals surface area contributed by atoms with Crippen molar-refractivity contribution in [1.29, 1.82) is 10.5 Å². The van der Waals surface area contributed by atoms with Gasteiger partial charge < -0.3 is 9.88 Å². The maximum atomic E-state index is 12.9. The van der Waals surface area contributed by atoms with Gasteiger partial charge in [-0.15, -0.1) is 11.3 Å². The third kappa shape index (κ3) is 3.22. The van der Waals surface area contributed by atoms with Crippen molar-refractivity contribution >= 4 is 39.2 Å². The average Bonchev–Trinajstić information content (AvgIpc) is 3.21. The normalized spacial score (nSPS) is 13.6. The number of thiophene rings is 1.